The van der Waals surface area contributed by atoms with Crippen molar-refractivity contribution in [3.05, 3.63) is 302 Å². The third-order valence-electron chi connectivity index (χ3n) is 12.8. The molecule has 65 heavy (non-hydrogen) atoms. The molecule has 0 saturated carbocycles. The molecule has 0 aliphatic rings. The van der Waals surface area contributed by atoms with Gasteiger partial charge in [-0.05, 0) is 142 Å². The molecule has 0 aliphatic heterocycles. The van der Waals surface area contributed by atoms with Crippen LogP contribution in [0, 0.1) is 20.8 Å². The van der Waals surface area contributed by atoms with Gasteiger partial charge in [-0.3, -0.25) is 0 Å². The Morgan fingerprint density at radius 3 is 0.569 bits per heavy atom. The van der Waals surface area contributed by atoms with E-state index in [-0.39, 0.29) is 0 Å². The third-order valence-corrected chi connectivity index (χ3v) is 18.5. The Morgan fingerprint density at radius 2 is 0.415 bits per heavy atom. The summed E-state index contributed by atoms with van der Waals surface area (Å²) in [5, 5.41) is 3.99. The van der Waals surface area contributed by atoms with Gasteiger partial charge < -0.3 is 0 Å². The summed E-state index contributed by atoms with van der Waals surface area (Å²) >= 11 is 9.64. The van der Waals surface area contributed by atoms with Gasteiger partial charge in [-0.25, -0.2) is 0 Å². The van der Waals surface area contributed by atoms with E-state index in [1.165, 1.54) is 99.0 Å². The molecule has 0 amide bonds. The molecule has 0 aliphatic carbocycles. The van der Waals surface area contributed by atoms with Crippen molar-refractivity contribution in [3.8, 4) is 0 Å². The molecule has 0 heterocycles. The fraction of sp³-hybridized carbons (Fsp3) is 0.143. The Morgan fingerprint density at radius 1 is 0.262 bits per heavy atom. The van der Waals surface area contributed by atoms with E-state index in [2.05, 4.69) is 239 Å². The van der Waals surface area contributed by atoms with Crippen molar-refractivity contribution < 1.29 is 0 Å². The molecule has 320 valence electrons. The lowest BCUT2D eigenvalue weighted by atomic mass is 9.95. The van der Waals surface area contributed by atoms with Crippen LogP contribution < -0.4 is 15.6 Å². The van der Waals surface area contributed by atoms with Crippen LogP contribution in [0.4, 0.5) is 0 Å². The van der Waals surface area contributed by atoms with E-state index in [4.69, 9.17) is 0 Å². The third kappa shape index (κ3) is 10.2. The van der Waals surface area contributed by atoms with Gasteiger partial charge in [0.25, 0.3) is 0 Å². The average molecular weight is 878 g/mol. The van der Waals surface area contributed by atoms with Gasteiger partial charge in [-0.15, -0.1) is 11.1 Å². The van der Waals surface area contributed by atoms with Gasteiger partial charge in [-0.1, -0.05) is 235 Å². The molecule has 2 heteroatoms. The van der Waals surface area contributed by atoms with E-state index in [9.17, 15) is 11.1 Å². The van der Waals surface area contributed by atoms with Gasteiger partial charge >= 0.3 is 0 Å². The summed E-state index contributed by atoms with van der Waals surface area (Å²) in [5.41, 5.74) is 19.4. The lowest BCUT2D eigenvalue weighted by Gasteiger charge is -2.38. The SMILES string of the molecule is Cc1cc(Cc2ccccc2)c([Si](Cl)(c2c(Cc3ccccc3)cc(C)cc2Cc2ccccc2)c2c(Cc3ccccc3)cc(C)cc2Cc2ccccc2)c(Cc2ccccc2)c1. The molecule has 0 radical (unpaired) electrons. The maximum atomic E-state index is 9.64. The number of rotatable bonds is 15. The lowest BCUT2D eigenvalue weighted by molar-refractivity contribution is 1.13. The second kappa shape index (κ2) is 20.1. The Labute approximate surface area is 393 Å². The zero-order chi connectivity index (χ0) is 44.6. The monoisotopic (exact) mass is 876 g/mol. The normalized spacial score (nSPS) is 11.4. The fourth-order valence-electron chi connectivity index (χ4n) is 10.3. The van der Waals surface area contributed by atoms with Crippen molar-refractivity contribution in [2.75, 3.05) is 0 Å². The minimum atomic E-state index is -3.66. The number of hydrogen-bond acceptors (Lipinski definition) is 0. The first-order valence-corrected chi connectivity index (χ1v) is 26.1. The second-order valence-corrected chi connectivity index (χ2v) is 22.5. The molecule has 0 bridgehead atoms. The second-order valence-electron chi connectivity index (χ2n) is 18.0. The summed E-state index contributed by atoms with van der Waals surface area (Å²) in [6.45, 7) is 6.81. The highest BCUT2D eigenvalue weighted by atomic mass is 35.6. The largest absolute Gasteiger partial charge is 0.249 e. The quantitative estimate of drug-likeness (QED) is 0.0547. The Balaban J connectivity index is 1.47. The van der Waals surface area contributed by atoms with Gasteiger partial charge in [0.05, 0.1) is 0 Å². The molecule has 9 aromatic rings. The van der Waals surface area contributed by atoms with Crippen molar-refractivity contribution in [2.24, 2.45) is 0 Å². The molecule has 0 aromatic heterocycles. The molecule has 0 atom stereocenters. The fourth-order valence-corrected chi connectivity index (χ4v) is 16.8. The topological polar surface area (TPSA) is 0 Å². The van der Waals surface area contributed by atoms with Crippen molar-refractivity contribution in [3.63, 3.8) is 0 Å². The first-order chi connectivity index (χ1) is 31.8. The van der Waals surface area contributed by atoms with Crippen molar-refractivity contribution in [2.45, 2.75) is 59.3 Å². The molecule has 0 saturated heterocycles. The van der Waals surface area contributed by atoms with Crippen LogP contribution in [0.2, 0.25) is 0 Å². The smallest absolute Gasteiger partial charge is 0.149 e. The average Bonchev–Trinajstić information content (AvgIpc) is 3.30. The van der Waals surface area contributed by atoms with E-state index in [0.29, 0.717) is 0 Å². The number of hydrogen-bond donors (Lipinski definition) is 0. The highest BCUT2D eigenvalue weighted by Gasteiger charge is 2.47. The van der Waals surface area contributed by atoms with E-state index in [1.54, 1.807) is 0 Å². The molecule has 0 nitrogen and oxygen atoms in total. The molecule has 0 N–H and O–H groups in total. The maximum Gasteiger partial charge on any atom is 0.249 e. The number of halogens is 1. The minimum Gasteiger partial charge on any atom is -0.149 e. The van der Waals surface area contributed by atoms with Crippen LogP contribution in [-0.4, -0.2) is 7.38 Å². The van der Waals surface area contributed by atoms with E-state index in [0.717, 1.165) is 38.5 Å². The van der Waals surface area contributed by atoms with Crippen LogP contribution in [0.15, 0.2) is 218 Å². The zero-order valence-corrected chi connectivity index (χ0v) is 39.7. The highest BCUT2D eigenvalue weighted by Crippen LogP contribution is 2.31. The lowest BCUT2D eigenvalue weighted by Crippen LogP contribution is -2.68. The minimum absolute atomic E-state index is 0.781. The van der Waals surface area contributed by atoms with Gasteiger partial charge in [0.15, 0.2) is 0 Å². The molecule has 0 fully saturated rings. The van der Waals surface area contributed by atoms with Crippen LogP contribution in [0.25, 0.3) is 0 Å². The van der Waals surface area contributed by atoms with Gasteiger partial charge in [0.1, 0.15) is 0 Å². The van der Waals surface area contributed by atoms with E-state index >= 15 is 0 Å². The summed E-state index contributed by atoms with van der Waals surface area (Å²) < 4.78 is 0. The Kier molecular flexibility index (Phi) is 13.5. The summed E-state index contributed by atoms with van der Waals surface area (Å²) in [6, 6.07) is 81.0. The zero-order valence-electron chi connectivity index (χ0n) is 37.9. The van der Waals surface area contributed by atoms with Gasteiger partial charge in [0, 0.05) is 0 Å². The summed E-state index contributed by atoms with van der Waals surface area (Å²) in [6.07, 6.45) is 4.68. The number of benzene rings is 9. The van der Waals surface area contributed by atoms with E-state index in [1.807, 2.05) is 0 Å². The van der Waals surface area contributed by atoms with Gasteiger partial charge in [0.2, 0.25) is 7.38 Å². The first-order valence-electron chi connectivity index (χ1n) is 23.1. The van der Waals surface area contributed by atoms with Gasteiger partial charge in [-0.2, -0.15) is 0 Å². The van der Waals surface area contributed by atoms with Crippen LogP contribution in [0.3, 0.4) is 0 Å². The van der Waals surface area contributed by atoms with Crippen LogP contribution in [0.1, 0.15) is 83.5 Å². The van der Waals surface area contributed by atoms with Crippen molar-refractivity contribution in [1.82, 2.24) is 0 Å². The van der Waals surface area contributed by atoms with Crippen molar-refractivity contribution >= 4 is 34.0 Å². The predicted octanol–water partition coefficient (Wildman–Crippen LogP) is 13.4. The molecule has 0 spiro atoms. The van der Waals surface area contributed by atoms with E-state index < -0.39 is 7.38 Å². The maximum absolute atomic E-state index is 9.64. The highest BCUT2D eigenvalue weighted by molar-refractivity contribution is 7.41. The predicted molar refractivity (Wildman–Crippen MR) is 280 cm³/mol. The summed E-state index contributed by atoms with van der Waals surface area (Å²) in [4.78, 5) is 0. The molecular formula is C63H57ClSi. The molecule has 9 rings (SSSR count). The summed E-state index contributed by atoms with van der Waals surface area (Å²) in [5.74, 6) is 0. The molecule has 9 aromatic carbocycles. The number of aryl methyl sites for hydroxylation is 3. The van der Waals surface area contributed by atoms with Crippen LogP contribution >= 0.6 is 11.1 Å². The molecule has 0 unspecified atom stereocenters. The first kappa shape index (κ1) is 43.7. The Hall–Kier alpha value is -6.51. The molecular weight excluding hydrogens is 820 g/mol. The summed E-state index contributed by atoms with van der Waals surface area (Å²) in [7, 11) is -3.66. The Bertz CT molecular complexity index is 2470. The van der Waals surface area contributed by atoms with Crippen molar-refractivity contribution in [1.29, 1.82) is 0 Å². The van der Waals surface area contributed by atoms with Crippen LogP contribution in [-0.2, 0) is 38.5 Å². The van der Waals surface area contributed by atoms with Crippen LogP contribution in [0.5, 0.6) is 0 Å². The standard InChI is InChI=1S/C63H57ClSi/c1-46-34-55(40-49-22-10-4-11-23-49)61(56(35-46)41-50-24-12-5-13-25-50)65(64,62-57(42-51-26-14-6-15-27-51)36-47(2)37-58(62)43-52-28-16-7-17-29-52)63-59(44-53-30-18-8-19-31-53)38-48(3)39-60(63)45-54-32-20-9-21-33-54/h4-39H,40-45H2,1-3H3.